The highest BCUT2D eigenvalue weighted by molar-refractivity contribution is 5.99. The molecule has 0 heterocycles. The molecule has 0 bridgehead atoms. The summed E-state index contributed by atoms with van der Waals surface area (Å²) in [6, 6.07) is 5.45. The Bertz CT molecular complexity index is 519. The summed E-state index contributed by atoms with van der Waals surface area (Å²) in [5.41, 5.74) is 5.78. The van der Waals surface area contributed by atoms with E-state index in [2.05, 4.69) is 10.5 Å². The van der Waals surface area contributed by atoms with Gasteiger partial charge in [-0.3, -0.25) is 0 Å². The lowest BCUT2D eigenvalue weighted by molar-refractivity contribution is -0.00532. The van der Waals surface area contributed by atoms with Gasteiger partial charge in [0, 0.05) is 12.1 Å². The molecule has 6 heteroatoms. The zero-order valence-corrected chi connectivity index (χ0v) is 13.3. The van der Waals surface area contributed by atoms with E-state index in [1.54, 1.807) is 26.0 Å². The van der Waals surface area contributed by atoms with Gasteiger partial charge in [0.2, 0.25) is 0 Å². The number of hydrogen-bond acceptors (Lipinski definition) is 5. The third-order valence-electron chi connectivity index (χ3n) is 3.91. The number of nitrogens with zero attached hydrogens (tertiary/aromatic N) is 1. The van der Waals surface area contributed by atoms with Crippen molar-refractivity contribution in [1.29, 1.82) is 0 Å². The van der Waals surface area contributed by atoms with Crippen molar-refractivity contribution in [3.05, 3.63) is 29.3 Å². The van der Waals surface area contributed by atoms with Crippen LogP contribution >= 0.6 is 0 Å². The lowest BCUT2D eigenvalue weighted by Gasteiger charge is -2.38. The maximum absolute atomic E-state index is 10.1. The first kappa shape index (κ1) is 17.3. The number of benzene rings is 1. The van der Waals surface area contributed by atoms with E-state index in [-0.39, 0.29) is 5.84 Å². The molecule has 6 nitrogen and oxygen atoms in total. The van der Waals surface area contributed by atoms with Gasteiger partial charge < -0.3 is 26.1 Å². The third-order valence-corrected chi connectivity index (χ3v) is 3.91. The summed E-state index contributed by atoms with van der Waals surface area (Å²) in [7, 11) is 1.53. The number of methoxy groups -OCH3 is 1. The number of hydrogen-bond donors (Lipinski definition) is 4. The molecule has 1 aromatic rings. The molecule has 0 aliphatic carbocycles. The molecular formula is C15H25N3O3. The van der Waals surface area contributed by atoms with Gasteiger partial charge in [-0.25, -0.2) is 0 Å². The first-order valence-corrected chi connectivity index (χ1v) is 6.74. The van der Waals surface area contributed by atoms with Crippen LogP contribution in [0.3, 0.4) is 0 Å². The minimum atomic E-state index is -0.867. The third kappa shape index (κ3) is 4.09. The molecule has 5 N–H and O–H groups in total. The van der Waals surface area contributed by atoms with Crippen LogP contribution in [0.5, 0.6) is 5.75 Å². The predicted octanol–water partition coefficient (Wildman–Crippen LogP) is 1.43. The monoisotopic (exact) mass is 295 g/mol. The van der Waals surface area contributed by atoms with Gasteiger partial charge in [0.05, 0.1) is 18.3 Å². The smallest absolute Gasteiger partial charge is 0.173 e. The van der Waals surface area contributed by atoms with Crippen molar-refractivity contribution in [2.45, 2.75) is 45.4 Å². The van der Waals surface area contributed by atoms with Gasteiger partial charge in [0.25, 0.3) is 0 Å². The quantitative estimate of drug-likeness (QED) is 0.275. The van der Waals surface area contributed by atoms with E-state index < -0.39 is 11.1 Å². The summed E-state index contributed by atoms with van der Waals surface area (Å²) in [4.78, 5) is 0. The van der Waals surface area contributed by atoms with E-state index in [9.17, 15) is 5.11 Å². The molecular weight excluding hydrogens is 270 g/mol. The summed E-state index contributed by atoms with van der Waals surface area (Å²) in [5.74, 6) is 0.534. The minimum Gasteiger partial charge on any atom is -0.496 e. The number of rotatable bonds is 6. The molecule has 0 spiro atoms. The molecule has 1 aromatic carbocycles. The largest absolute Gasteiger partial charge is 0.496 e. The van der Waals surface area contributed by atoms with Crippen molar-refractivity contribution in [3.63, 3.8) is 0 Å². The summed E-state index contributed by atoms with van der Waals surface area (Å²) >= 11 is 0. The van der Waals surface area contributed by atoms with Crippen LogP contribution in [0.4, 0.5) is 0 Å². The number of nitrogens with one attached hydrogen (secondary N) is 1. The van der Waals surface area contributed by atoms with Crippen molar-refractivity contribution in [1.82, 2.24) is 5.32 Å². The average Bonchev–Trinajstić information content (AvgIpc) is 2.42. The summed E-state index contributed by atoms with van der Waals surface area (Å²) in [6.45, 7) is 7.92. The second-order valence-electron chi connectivity index (χ2n) is 6.06. The Kier molecular flexibility index (Phi) is 5.20. The number of aliphatic hydroxyl groups is 1. The Morgan fingerprint density at radius 3 is 2.43 bits per heavy atom. The van der Waals surface area contributed by atoms with Crippen LogP contribution in [-0.2, 0) is 6.54 Å². The molecule has 1 rings (SSSR count). The fraction of sp³-hybridized carbons (Fsp3) is 0.533. The van der Waals surface area contributed by atoms with E-state index in [0.29, 0.717) is 17.9 Å². The molecule has 0 atom stereocenters. The first-order valence-electron chi connectivity index (χ1n) is 6.74. The van der Waals surface area contributed by atoms with Gasteiger partial charge in [-0.15, -0.1) is 0 Å². The van der Waals surface area contributed by atoms with Crippen molar-refractivity contribution >= 4 is 5.84 Å². The molecule has 0 amide bonds. The zero-order chi connectivity index (χ0) is 16.3. The highest BCUT2D eigenvalue weighted by atomic mass is 16.5. The van der Waals surface area contributed by atoms with Gasteiger partial charge in [-0.2, -0.15) is 0 Å². The minimum absolute atomic E-state index is 0.00421. The molecule has 0 unspecified atom stereocenters. The summed E-state index contributed by atoms with van der Waals surface area (Å²) in [5, 5.41) is 25.3. The van der Waals surface area contributed by atoms with Crippen LogP contribution in [0.15, 0.2) is 23.4 Å². The van der Waals surface area contributed by atoms with Crippen LogP contribution in [0.2, 0.25) is 0 Å². The molecule has 0 fully saturated rings. The van der Waals surface area contributed by atoms with Gasteiger partial charge in [-0.1, -0.05) is 11.2 Å². The topological polar surface area (TPSA) is 100 Å². The highest BCUT2D eigenvalue weighted by Gasteiger charge is 2.34. The predicted molar refractivity (Wildman–Crippen MR) is 82.7 cm³/mol. The summed E-state index contributed by atoms with van der Waals surface area (Å²) in [6.07, 6.45) is 0. The van der Waals surface area contributed by atoms with Crippen LogP contribution < -0.4 is 15.8 Å². The van der Waals surface area contributed by atoms with Crippen molar-refractivity contribution in [3.8, 4) is 5.75 Å². The molecule has 0 aromatic heterocycles. The van der Waals surface area contributed by atoms with E-state index in [4.69, 9.17) is 15.7 Å². The Balaban J connectivity index is 2.96. The Hall–Kier alpha value is -1.79. The molecule has 0 aliphatic heterocycles. The molecule has 0 saturated heterocycles. The van der Waals surface area contributed by atoms with Crippen LogP contribution in [-0.4, -0.2) is 34.4 Å². The standard InChI is InChI=1S/C15H25N3O3/c1-14(2,15(3,4)19)17-9-10-6-7-12(21-5)11(8-10)13(16)18-20/h6-8,17,19-20H,9H2,1-5H3,(H2,16,18). The number of ether oxygens (including phenoxy) is 1. The SMILES string of the molecule is COc1ccc(CNC(C)(C)C(C)(C)O)cc1/C(N)=N/O. The fourth-order valence-corrected chi connectivity index (χ4v) is 1.66. The van der Waals surface area contributed by atoms with Gasteiger partial charge in [0.1, 0.15) is 5.75 Å². The van der Waals surface area contributed by atoms with Gasteiger partial charge >= 0.3 is 0 Å². The maximum atomic E-state index is 10.1. The maximum Gasteiger partial charge on any atom is 0.173 e. The molecule has 0 saturated carbocycles. The van der Waals surface area contributed by atoms with E-state index in [0.717, 1.165) is 5.56 Å². The molecule has 118 valence electrons. The normalized spacial score (nSPS) is 13.3. The van der Waals surface area contributed by atoms with Gasteiger partial charge in [-0.05, 0) is 45.4 Å². The highest BCUT2D eigenvalue weighted by Crippen LogP contribution is 2.23. The summed E-state index contributed by atoms with van der Waals surface area (Å²) < 4.78 is 5.19. The first-order chi connectivity index (χ1) is 9.62. The fourth-order valence-electron chi connectivity index (χ4n) is 1.66. The number of amidine groups is 1. The Morgan fingerprint density at radius 2 is 1.95 bits per heavy atom. The second kappa shape index (κ2) is 6.32. The zero-order valence-electron chi connectivity index (χ0n) is 13.3. The number of oxime groups is 1. The van der Waals surface area contributed by atoms with E-state index in [1.165, 1.54) is 7.11 Å². The van der Waals surface area contributed by atoms with E-state index >= 15 is 0 Å². The van der Waals surface area contributed by atoms with E-state index in [1.807, 2.05) is 19.9 Å². The average molecular weight is 295 g/mol. The lowest BCUT2D eigenvalue weighted by atomic mass is 9.86. The van der Waals surface area contributed by atoms with Crippen LogP contribution in [0, 0.1) is 0 Å². The second-order valence-corrected chi connectivity index (χ2v) is 6.06. The van der Waals surface area contributed by atoms with Crippen molar-refractivity contribution in [2.24, 2.45) is 10.9 Å². The van der Waals surface area contributed by atoms with Gasteiger partial charge in [0.15, 0.2) is 5.84 Å². The lowest BCUT2D eigenvalue weighted by Crippen LogP contribution is -2.55. The van der Waals surface area contributed by atoms with Crippen molar-refractivity contribution in [2.75, 3.05) is 7.11 Å². The molecule has 21 heavy (non-hydrogen) atoms. The van der Waals surface area contributed by atoms with Crippen molar-refractivity contribution < 1.29 is 15.1 Å². The Morgan fingerprint density at radius 1 is 1.33 bits per heavy atom. The molecule has 0 radical (unpaired) electrons. The van der Waals surface area contributed by atoms with Crippen LogP contribution in [0.1, 0.15) is 38.8 Å². The number of nitrogens with two attached hydrogens (primary N) is 1. The molecule has 0 aliphatic rings. The Labute approximate surface area is 125 Å². The van der Waals surface area contributed by atoms with Crippen LogP contribution in [0.25, 0.3) is 0 Å².